The Bertz CT molecular complexity index is 629. The summed E-state index contributed by atoms with van der Waals surface area (Å²) in [7, 11) is 1.54. The molecule has 0 fully saturated rings. The molecule has 2 aromatic rings. The van der Waals surface area contributed by atoms with Crippen LogP contribution < -0.4 is 5.76 Å². The third-order valence-electron chi connectivity index (χ3n) is 2.59. The molecule has 3 nitrogen and oxygen atoms in total. The summed E-state index contributed by atoms with van der Waals surface area (Å²) in [5, 5.41) is 0. The number of aryl methyl sites for hydroxylation is 1. The molecule has 7 heteroatoms. The highest BCUT2D eigenvalue weighted by Gasteiger charge is 2.31. The van der Waals surface area contributed by atoms with Crippen molar-refractivity contribution in [2.45, 2.75) is 17.4 Å². The first-order chi connectivity index (χ1) is 8.28. The quantitative estimate of drug-likeness (QED) is 0.793. The van der Waals surface area contributed by atoms with Gasteiger partial charge in [0.2, 0.25) is 0 Å². The number of alkyl halides is 4. The summed E-state index contributed by atoms with van der Waals surface area (Å²) in [6, 6.07) is 4.56. The molecule has 1 heterocycles. The molecule has 0 aliphatic heterocycles. The van der Waals surface area contributed by atoms with Gasteiger partial charge in [-0.3, -0.25) is 4.57 Å². The Kier molecular flexibility index (Phi) is 3.27. The van der Waals surface area contributed by atoms with E-state index in [0.29, 0.717) is 11.1 Å². The second kappa shape index (κ2) is 4.46. The topological polar surface area (TPSA) is 35.1 Å². The molecule has 1 aromatic heterocycles. The van der Waals surface area contributed by atoms with Crippen LogP contribution in [0.2, 0.25) is 0 Å². The average molecular weight is 324 g/mol. The minimum atomic E-state index is -4.25. The monoisotopic (exact) mass is 323 g/mol. The largest absolute Gasteiger partial charge is 0.419 e. The Hall–Kier alpha value is -1.24. The van der Waals surface area contributed by atoms with Crippen LogP contribution >= 0.6 is 15.9 Å². The molecular weight excluding hydrogens is 315 g/mol. The van der Waals surface area contributed by atoms with Crippen LogP contribution in [0, 0.1) is 0 Å². The smallest absolute Gasteiger partial charge is 0.408 e. The van der Waals surface area contributed by atoms with Gasteiger partial charge in [-0.05, 0) is 17.7 Å². The zero-order valence-electron chi connectivity index (χ0n) is 9.29. The summed E-state index contributed by atoms with van der Waals surface area (Å²) in [6.45, 7) is 0. The van der Waals surface area contributed by atoms with Crippen molar-refractivity contribution in [2.75, 3.05) is 0 Å². The van der Waals surface area contributed by atoms with Crippen molar-refractivity contribution in [1.82, 2.24) is 4.57 Å². The van der Waals surface area contributed by atoms with Crippen LogP contribution in [0.3, 0.4) is 0 Å². The Labute approximate surface area is 108 Å². The van der Waals surface area contributed by atoms with Crippen LogP contribution in [0.25, 0.3) is 11.1 Å². The summed E-state index contributed by atoms with van der Waals surface area (Å²) in [5.74, 6) is -0.538. The molecule has 0 aliphatic carbocycles. The Morgan fingerprint density at radius 3 is 2.72 bits per heavy atom. The number of rotatable bonds is 2. The molecule has 2 rings (SSSR count). The van der Waals surface area contributed by atoms with Crippen LogP contribution in [-0.4, -0.2) is 10.7 Å². The molecule has 0 saturated carbocycles. The maximum absolute atomic E-state index is 12.3. The average Bonchev–Trinajstić information content (AvgIpc) is 2.52. The van der Waals surface area contributed by atoms with Crippen molar-refractivity contribution >= 4 is 27.0 Å². The number of hydrogen-bond donors (Lipinski definition) is 0. The summed E-state index contributed by atoms with van der Waals surface area (Å²) in [5.41, 5.74) is 1.26. The molecule has 98 valence electrons. The van der Waals surface area contributed by atoms with Crippen molar-refractivity contribution in [3.63, 3.8) is 0 Å². The van der Waals surface area contributed by atoms with Gasteiger partial charge in [0.25, 0.3) is 0 Å². The van der Waals surface area contributed by atoms with E-state index in [1.165, 1.54) is 17.7 Å². The first-order valence-electron chi connectivity index (χ1n) is 5.08. The summed E-state index contributed by atoms with van der Waals surface area (Å²) in [6.07, 6.45) is -5.23. The maximum Gasteiger partial charge on any atom is 0.419 e. The zero-order valence-corrected chi connectivity index (χ0v) is 10.9. The van der Waals surface area contributed by atoms with Crippen molar-refractivity contribution < 1.29 is 17.6 Å². The van der Waals surface area contributed by atoms with Gasteiger partial charge in [0, 0.05) is 11.9 Å². The highest BCUT2D eigenvalue weighted by atomic mass is 79.9. The highest BCUT2D eigenvalue weighted by molar-refractivity contribution is 9.09. The SMILES string of the molecule is Cn1c(=O)oc2cc(C(Br)CC(F)(F)F)ccc21. The predicted molar refractivity (Wildman–Crippen MR) is 63.8 cm³/mol. The summed E-state index contributed by atoms with van der Waals surface area (Å²) < 4.78 is 43.0. The fourth-order valence-corrected chi connectivity index (χ4v) is 2.32. The van der Waals surface area contributed by atoms with Gasteiger partial charge in [-0.25, -0.2) is 4.79 Å². The van der Waals surface area contributed by atoms with Crippen molar-refractivity contribution in [3.05, 3.63) is 34.3 Å². The van der Waals surface area contributed by atoms with E-state index in [1.807, 2.05) is 0 Å². The fourth-order valence-electron chi connectivity index (χ4n) is 1.67. The molecule has 0 aliphatic rings. The van der Waals surface area contributed by atoms with E-state index in [2.05, 4.69) is 15.9 Å². The molecule has 0 radical (unpaired) electrons. The Morgan fingerprint density at radius 1 is 1.44 bits per heavy atom. The highest BCUT2D eigenvalue weighted by Crippen LogP contribution is 2.36. The molecule has 0 amide bonds. The van der Waals surface area contributed by atoms with E-state index in [1.54, 1.807) is 12.1 Å². The van der Waals surface area contributed by atoms with E-state index in [-0.39, 0.29) is 5.58 Å². The second-order valence-electron chi connectivity index (χ2n) is 3.94. The minimum absolute atomic E-state index is 0.284. The minimum Gasteiger partial charge on any atom is -0.408 e. The third kappa shape index (κ3) is 2.60. The standard InChI is InChI=1S/C11H9BrF3NO2/c1-16-8-3-2-6(4-9(8)18-10(16)17)7(12)5-11(13,14)15/h2-4,7H,5H2,1H3. The Morgan fingerprint density at radius 2 is 2.11 bits per heavy atom. The number of oxazole rings is 1. The van der Waals surface area contributed by atoms with Gasteiger partial charge in [-0.2, -0.15) is 13.2 Å². The third-order valence-corrected chi connectivity index (χ3v) is 3.44. The van der Waals surface area contributed by atoms with Gasteiger partial charge in [0.05, 0.1) is 11.9 Å². The molecule has 1 aromatic carbocycles. The first kappa shape index (κ1) is 13.2. The number of halogens is 4. The van der Waals surface area contributed by atoms with Crippen LogP contribution in [0.1, 0.15) is 16.8 Å². The number of benzene rings is 1. The molecule has 1 atom stereocenters. The zero-order chi connectivity index (χ0) is 13.5. The fraction of sp³-hybridized carbons (Fsp3) is 0.364. The lowest BCUT2D eigenvalue weighted by Crippen LogP contribution is -2.10. The van der Waals surface area contributed by atoms with Gasteiger partial charge in [0.1, 0.15) is 0 Å². The number of nitrogens with zero attached hydrogens (tertiary/aromatic N) is 1. The molecule has 18 heavy (non-hydrogen) atoms. The lowest BCUT2D eigenvalue weighted by molar-refractivity contribution is -0.134. The van der Waals surface area contributed by atoms with E-state index >= 15 is 0 Å². The Balaban J connectivity index is 2.38. The van der Waals surface area contributed by atoms with Crippen molar-refractivity contribution in [1.29, 1.82) is 0 Å². The summed E-state index contributed by atoms with van der Waals surface area (Å²) >= 11 is 2.99. The molecule has 1 unspecified atom stereocenters. The maximum atomic E-state index is 12.3. The van der Waals surface area contributed by atoms with Crippen LogP contribution in [0.5, 0.6) is 0 Å². The van der Waals surface area contributed by atoms with Crippen molar-refractivity contribution in [3.8, 4) is 0 Å². The molecule has 0 bridgehead atoms. The van der Waals surface area contributed by atoms with Gasteiger partial charge in [0.15, 0.2) is 5.58 Å². The van der Waals surface area contributed by atoms with E-state index < -0.39 is 23.2 Å². The predicted octanol–water partition coefficient (Wildman–Crippen LogP) is 3.52. The van der Waals surface area contributed by atoms with Gasteiger partial charge < -0.3 is 4.42 Å². The van der Waals surface area contributed by atoms with Crippen LogP contribution in [0.4, 0.5) is 13.2 Å². The lowest BCUT2D eigenvalue weighted by Gasteiger charge is -2.12. The number of fused-ring (bicyclic) bond motifs is 1. The van der Waals surface area contributed by atoms with E-state index in [0.717, 1.165) is 0 Å². The van der Waals surface area contributed by atoms with Gasteiger partial charge in [-0.1, -0.05) is 22.0 Å². The number of hydrogen-bond acceptors (Lipinski definition) is 2. The molecule has 0 saturated heterocycles. The molecular formula is C11H9BrF3NO2. The summed E-state index contributed by atoms with van der Waals surface area (Å²) in [4.78, 5) is 10.4. The van der Waals surface area contributed by atoms with Gasteiger partial charge in [-0.15, -0.1) is 0 Å². The van der Waals surface area contributed by atoms with Crippen LogP contribution in [0.15, 0.2) is 27.4 Å². The lowest BCUT2D eigenvalue weighted by atomic mass is 10.1. The van der Waals surface area contributed by atoms with E-state index in [4.69, 9.17) is 4.42 Å². The van der Waals surface area contributed by atoms with E-state index in [9.17, 15) is 18.0 Å². The van der Waals surface area contributed by atoms with Gasteiger partial charge >= 0.3 is 11.9 Å². The normalized spacial score (nSPS) is 14.1. The van der Waals surface area contributed by atoms with Crippen molar-refractivity contribution in [2.24, 2.45) is 7.05 Å². The first-order valence-corrected chi connectivity index (χ1v) is 6.00. The second-order valence-corrected chi connectivity index (χ2v) is 5.05. The number of aromatic nitrogens is 1. The van der Waals surface area contributed by atoms with Crippen LogP contribution in [-0.2, 0) is 7.05 Å². The molecule has 0 spiro atoms. The molecule has 0 N–H and O–H groups in total.